The standard InChI is InChI=1S/C22H32N2O10/c1-7-29-20(27)33-16-10-9-15(11-17(16)34-21(28)30-8-2)12-22(6,24-23)19(26)32-14(5)31-18(25)13(3)4/h9-11,13-14,24H,7-8,12,23H2,1-6H3/t14-,22+/m1/s1. The maximum absolute atomic E-state index is 12.7. The van der Waals surface area contributed by atoms with E-state index in [-0.39, 0.29) is 31.1 Å². The van der Waals surface area contributed by atoms with Crippen molar-refractivity contribution in [2.45, 2.75) is 59.8 Å². The van der Waals surface area contributed by atoms with Crippen LogP contribution in [0.3, 0.4) is 0 Å². The fraction of sp³-hybridized carbons (Fsp3) is 0.545. The predicted octanol–water partition coefficient (Wildman–Crippen LogP) is 2.61. The number of carbonyl (C=O) groups excluding carboxylic acids is 4. The Morgan fingerprint density at radius 1 is 0.941 bits per heavy atom. The van der Waals surface area contributed by atoms with Gasteiger partial charge >= 0.3 is 24.2 Å². The lowest BCUT2D eigenvalue weighted by Gasteiger charge is -2.28. The van der Waals surface area contributed by atoms with Crippen LogP contribution in [0.25, 0.3) is 0 Å². The van der Waals surface area contributed by atoms with Crippen molar-refractivity contribution in [1.29, 1.82) is 0 Å². The Balaban J connectivity index is 3.09. The summed E-state index contributed by atoms with van der Waals surface area (Å²) in [7, 11) is 0. The van der Waals surface area contributed by atoms with Crippen LogP contribution in [0.1, 0.15) is 47.1 Å². The molecule has 0 radical (unpaired) electrons. The lowest BCUT2D eigenvalue weighted by molar-refractivity contribution is -0.191. The molecule has 0 heterocycles. The molecular formula is C22H32N2O10. The van der Waals surface area contributed by atoms with Gasteiger partial charge in [-0.05, 0) is 38.5 Å². The number of nitrogens with two attached hydrogens (primary N) is 1. The number of benzene rings is 1. The van der Waals surface area contributed by atoms with Crippen LogP contribution in [0.2, 0.25) is 0 Å². The Bertz CT molecular complexity index is 873. The Labute approximate surface area is 197 Å². The maximum atomic E-state index is 12.7. The van der Waals surface area contributed by atoms with E-state index in [1.54, 1.807) is 27.7 Å². The molecule has 0 unspecified atom stereocenters. The molecule has 3 N–H and O–H groups in total. The zero-order chi connectivity index (χ0) is 25.9. The van der Waals surface area contributed by atoms with E-state index in [0.717, 1.165) is 0 Å². The lowest BCUT2D eigenvalue weighted by atomic mass is 9.93. The summed E-state index contributed by atoms with van der Waals surface area (Å²) in [6.45, 7) is 9.51. The molecule has 190 valence electrons. The number of hydrogen-bond acceptors (Lipinski definition) is 12. The molecule has 12 nitrogen and oxygen atoms in total. The van der Waals surface area contributed by atoms with Gasteiger partial charge < -0.3 is 28.4 Å². The highest BCUT2D eigenvalue weighted by Gasteiger charge is 2.36. The van der Waals surface area contributed by atoms with E-state index in [1.807, 2.05) is 0 Å². The van der Waals surface area contributed by atoms with E-state index in [0.29, 0.717) is 5.56 Å². The van der Waals surface area contributed by atoms with Crippen molar-refractivity contribution in [3.63, 3.8) is 0 Å². The van der Waals surface area contributed by atoms with Gasteiger partial charge in [0, 0.05) is 13.3 Å². The molecule has 0 fully saturated rings. The molecule has 1 aromatic rings. The average Bonchev–Trinajstić information content (AvgIpc) is 2.75. The van der Waals surface area contributed by atoms with Crippen LogP contribution in [0.5, 0.6) is 11.5 Å². The first kappa shape index (κ1) is 28.7. The molecule has 0 aromatic heterocycles. The molecule has 1 rings (SSSR count). The van der Waals surface area contributed by atoms with E-state index in [1.165, 1.54) is 32.0 Å². The van der Waals surface area contributed by atoms with Crippen LogP contribution in [-0.4, -0.2) is 49.3 Å². The molecule has 0 amide bonds. The molecule has 12 heteroatoms. The summed E-state index contributed by atoms with van der Waals surface area (Å²) in [6, 6.07) is 4.25. The Kier molecular flexibility index (Phi) is 11.3. The molecule has 0 saturated carbocycles. The van der Waals surface area contributed by atoms with Crippen molar-refractivity contribution in [3.05, 3.63) is 23.8 Å². The second-order valence-electron chi connectivity index (χ2n) is 7.57. The molecule has 0 spiro atoms. The Hall–Kier alpha value is -3.38. The van der Waals surface area contributed by atoms with Gasteiger partial charge in [0.15, 0.2) is 11.5 Å². The number of ether oxygens (including phenoxy) is 6. The van der Waals surface area contributed by atoms with E-state index >= 15 is 0 Å². The lowest BCUT2D eigenvalue weighted by Crippen LogP contribution is -2.56. The molecule has 1 aromatic carbocycles. The molecule has 0 saturated heterocycles. The van der Waals surface area contributed by atoms with Gasteiger partial charge in [-0.2, -0.15) is 0 Å². The number of hydrogen-bond donors (Lipinski definition) is 2. The van der Waals surface area contributed by atoms with Crippen LogP contribution in [0.4, 0.5) is 9.59 Å². The average molecular weight is 485 g/mol. The fourth-order valence-electron chi connectivity index (χ4n) is 2.50. The minimum absolute atomic E-state index is 0.0357. The Morgan fingerprint density at radius 3 is 2.00 bits per heavy atom. The van der Waals surface area contributed by atoms with E-state index in [2.05, 4.69) is 5.43 Å². The number of rotatable bonds is 11. The number of esters is 2. The maximum Gasteiger partial charge on any atom is 0.513 e. The second-order valence-corrected chi connectivity index (χ2v) is 7.57. The number of carbonyl (C=O) groups is 4. The van der Waals surface area contributed by atoms with Crippen molar-refractivity contribution < 1.29 is 47.6 Å². The molecule has 2 atom stereocenters. The minimum atomic E-state index is -1.46. The van der Waals surface area contributed by atoms with Crippen LogP contribution >= 0.6 is 0 Å². The summed E-state index contributed by atoms with van der Waals surface area (Å²) in [4.78, 5) is 48.0. The van der Waals surface area contributed by atoms with Gasteiger partial charge in [0.1, 0.15) is 5.54 Å². The van der Waals surface area contributed by atoms with Crippen molar-refractivity contribution in [2.24, 2.45) is 11.8 Å². The summed E-state index contributed by atoms with van der Waals surface area (Å²) < 4.78 is 29.9. The van der Waals surface area contributed by atoms with Gasteiger partial charge in [-0.1, -0.05) is 19.9 Å². The fourth-order valence-corrected chi connectivity index (χ4v) is 2.50. The summed E-state index contributed by atoms with van der Waals surface area (Å²) in [5, 5.41) is 0. The molecular weight excluding hydrogens is 452 g/mol. The van der Waals surface area contributed by atoms with Gasteiger partial charge in [-0.3, -0.25) is 10.6 Å². The highest BCUT2D eigenvalue weighted by molar-refractivity contribution is 5.81. The van der Waals surface area contributed by atoms with Gasteiger partial charge in [0.2, 0.25) is 6.29 Å². The Morgan fingerprint density at radius 2 is 1.50 bits per heavy atom. The van der Waals surface area contributed by atoms with Crippen LogP contribution in [-0.2, 0) is 35.0 Å². The quantitative estimate of drug-likeness (QED) is 0.118. The monoisotopic (exact) mass is 484 g/mol. The third kappa shape index (κ3) is 8.87. The number of hydrazine groups is 1. The third-order valence-corrected chi connectivity index (χ3v) is 4.27. The topological polar surface area (TPSA) is 162 Å². The van der Waals surface area contributed by atoms with Gasteiger partial charge in [-0.25, -0.2) is 19.8 Å². The third-order valence-electron chi connectivity index (χ3n) is 4.27. The van der Waals surface area contributed by atoms with Gasteiger partial charge in [-0.15, -0.1) is 0 Å². The first-order valence-electron chi connectivity index (χ1n) is 10.7. The molecule has 34 heavy (non-hydrogen) atoms. The van der Waals surface area contributed by atoms with Crippen molar-refractivity contribution in [1.82, 2.24) is 5.43 Å². The van der Waals surface area contributed by atoms with Crippen molar-refractivity contribution in [3.8, 4) is 11.5 Å². The summed E-state index contributed by atoms with van der Waals surface area (Å²) in [6.07, 6.45) is -3.19. The molecule has 0 aliphatic carbocycles. The first-order chi connectivity index (χ1) is 15.9. The van der Waals surface area contributed by atoms with E-state index in [9.17, 15) is 19.2 Å². The molecule has 0 aliphatic rings. The molecule has 0 aliphatic heterocycles. The first-order valence-corrected chi connectivity index (χ1v) is 10.7. The second kappa shape index (κ2) is 13.4. The smallest absolute Gasteiger partial charge is 0.434 e. The minimum Gasteiger partial charge on any atom is -0.434 e. The van der Waals surface area contributed by atoms with Crippen molar-refractivity contribution in [2.75, 3.05) is 13.2 Å². The van der Waals surface area contributed by atoms with E-state index in [4.69, 9.17) is 34.3 Å². The normalized spacial score (nSPS) is 13.3. The summed E-state index contributed by atoms with van der Waals surface area (Å²) >= 11 is 0. The molecule has 0 bridgehead atoms. The summed E-state index contributed by atoms with van der Waals surface area (Å²) in [5.41, 5.74) is 1.40. The SMILES string of the molecule is CCOC(=O)Oc1ccc(C[C@](C)(NN)C(=O)O[C@H](C)OC(=O)C(C)C)cc1OC(=O)OCC. The zero-order valence-corrected chi connectivity index (χ0v) is 20.2. The summed E-state index contributed by atoms with van der Waals surface area (Å²) in [5.74, 6) is 3.66. The van der Waals surface area contributed by atoms with Gasteiger partial charge in [0.05, 0.1) is 19.1 Å². The van der Waals surface area contributed by atoms with E-state index < -0.39 is 42.0 Å². The van der Waals surface area contributed by atoms with Crippen molar-refractivity contribution >= 4 is 24.2 Å². The zero-order valence-electron chi connectivity index (χ0n) is 20.2. The largest absolute Gasteiger partial charge is 0.513 e. The van der Waals surface area contributed by atoms with Crippen LogP contribution < -0.4 is 20.7 Å². The number of nitrogens with one attached hydrogen (secondary N) is 1. The predicted molar refractivity (Wildman–Crippen MR) is 118 cm³/mol. The van der Waals surface area contributed by atoms with Crippen LogP contribution in [0.15, 0.2) is 18.2 Å². The van der Waals surface area contributed by atoms with Crippen LogP contribution in [0, 0.1) is 5.92 Å². The highest BCUT2D eigenvalue weighted by Crippen LogP contribution is 2.31. The highest BCUT2D eigenvalue weighted by atomic mass is 16.7. The van der Waals surface area contributed by atoms with Gasteiger partial charge in [0.25, 0.3) is 0 Å².